The van der Waals surface area contributed by atoms with Gasteiger partial charge in [-0.05, 0) is 81.2 Å². The predicted molar refractivity (Wildman–Crippen MR) is 246 cm³/mol. The van der Waals surface area contributed by atoms with Crippen LogP contribution in [0.4, 0.5) is 0 Å². The van der Waals surface area contributed by atoms with Gasteiger partial charge >= 0.3 is 0 Å². The predicted octanol–water partition coefficient (Wildman–Crippen LogP) is 15.2. The number of rotatable bonds is 6. The van der Waals surface area contributed by atoms with E-state index in [2.05, 4.69) is 40.3 Å². The van der Waals surface area contributed by atoms with Crippen molar-refractivity contribution in [3.05, 3.63) is 155 Å². The molecule has 0 atom stereocenters. The van der Waals surface area contributed by atoms with Crippen molar-refractivity contribution >= 4 is 32.7 Å². The Balaban J connectivity index is 0.000000231. The molecule has 3 nitrogen and oxygen atoms in total. The van der Waals surface area contributed by atoms with E-state index in [0.29, 0.717) is 39.1 Å². The first kappa shape index (κ1) is 30.2. The van der Waals surface area contributed by atoms with Gasteiger partial charge in [-0.25, -0.2) is 0 Å². The third kappa shape index (κ3) is 10.5. The first-order valence-corrected chi connectivity index (χ1v) is 19.6. The van der Waals surface area contributed by atoms with Gasteiger partial charge in [-0.2, -0.15) is 0 Å². The van der Waals surface area contributed by atoms with Crippen LogP contribution in [0.5, 0.6) is 0 Å². The fourth-order valence-electron chi connectivity index (χ4n) is 6.86. The maximum Gasteiger partial charge on any atom is 0.128 e. The maximum absolute atomic E-state index is 9.08. The number of fused-ring (bicyclic) bond motifs is 5. The van der Waals surface area contributed by atoms with E-state index >= 15 is 0 Å². The molecule has 0 spiro atoms. The molecule has 8 rings (SSSR count). The van der Waals surface area contributed by atoms with Gasteiger partial charge in [-0.15, -0.1) is 47.5 Å². The quantitative estimate of drug-likeness (QED) is 0.156. The molecule has 0 saturated carbocycles. The van der Waals surface area contributed by atoms with Crippen LogP contribution in [0.2, 0.25) is 0 Å². The number of furan rings is 1. The van der Waals surface area contributed by atoms with E-state index in [0.717, 1.165) is 27.1 Å². The first-order chi connectivity index (χ1) is 32.2. The van der Waals surface area contributed by atoms with Crippen LogP contribution in [0.15, 0.2) is 120 Å². The molecule has 0 unspecified atom stereocenters. The fraction of sp³-hybridized carbons (Fsp3) is 0.309. The summed E-state index contributed by atoms with van der Waals surface area (Å²) in [6, 6.07) is 37.4. The summed E-state index contributed by atoms with van der Waals surface area (Å²) in [5, 5.41) is 4.04. The Labute approximate surface area is 382 Å². The number of nitrogens with zero attached hydrogens (tertiary/aromatic N) is 2. The normalized spacial score (nSPS) is 16.2. The van der Waals surface area contributed by atoms with Crippen molar-refractivity contribution in [3.8, 4) is 33.6 Å². The zero-order valence-corrected chi connectivity index (χ0v) is 37.5. The van der Waals surface area contributed by atoms with Gasteiger partial charge in [0.1, 0.15) is 5.58 Å². The molecule has 0 N–H and O–H groups in total. The number of aryl methyl sites for hydroxylation is 2. The number of benzene rings is 5. The van der Waals surface area contributed by atoms with Gasteiger partial charge in [0.15, 0.2) is 0 Å². The molecule has 8 aromatic rings. The summed E-state index contributed by atoms with van der Waals surface area (Å²) in [6.45, 7) is 11.2. The molecule has 305 valence electrons. The summed E-state index contributed by atoms with van der Waals surface area (Å²) in [5.74, 6) is 0. The van der Waals surface area contributed by atoms with Gasteiger partial charge in [0.25, 0.3) is 0 Å². The molecule has 0 aliphatic carbocycles. The second-order valence-electron chi connectivity index (χ2n) is 17.8. The van der Waals surface area contributed by atoms with Crippen molar-refractivity contribution in [1.29, 1.82) is 0 Å². The Morgan fingerprint density at radius 3 is 1.93 bits per heavy atom. The molecule has 0 amide bonds. The smallest absolute Gasteiger partial charge is 0.128 e. The molecule has 59 heavy (non-hydrogen) atoms. The molecule has 0 aliphatic rings. The summed E-state index contributed by atoms with van der Waals surface area (Å²) in [6.07, 6.45) is -2.79. The first-order valence-electron chi connectivity index (χ1n) is 25.6. The van der Waals surface area contributed by atoms with E-state index in [1.807, 2.05) is 90.1 Å². The Morgan fingerprint density at radius 2 is 1.22 bits per heavy atom. The molecule has 4 heteroatoms. The number of pyridine rings is 2. The van der Waals surface area contributed by atoms with E-state index in [9.17, 15) is 0 Å². The largest absolute Gasteiger partial charge is 0.500 e. The average molecular weight is 967 g/mol. The molecule has 0 saturated heterocycles. The van der Waals surface area contributed by atoms with Crippen LogP contribution in [-0.2, 0) is 39.2 Å². The molecule has 1 radical (unpaired) electrons. The topological polar surface area (TPSA) is 38.9 Å². The van der Waals surface area contributed by atoms with E-state index in [1.54, 1.807) is 45.0 Å². The summed E-state index contributed by atoms with van der Waals surface area (Å²) >= 11 is 0. The number of aromatic nitrogens is 2. The van der Waals surface area contributed by atoms with Crippen LogP contribution >= 0.6 is 0 Å². The van der Waals surface area contributed by atoms with Crippen molar-refractivity contribution in [2.75, 3.05) is 0 Å². The van der Waals surface area contributed by atoms with Crippen LogP contribution in [0.3, 0.4) is 0 Å². The van der Waals surface area contributed by atoms with Gasteiger partial charge < -0.3 is 14.4 Å². The van der Waals surface area contributed by atoms with Crippen molar-refractivity contribution in [3.63, 3.8) is 0 Å². The van der Waals surface area contributed by atoms with Crippen LogP contribution < -0.4 is 0 Å². The van der Waals surface area contributed by atoms with Gasteiger partial charge in [0.05, 0.1) is 5.58 Å². The van der Waals surface area contributed by atoms with Crippen LogP contribution in [0.1, 0.15) is 107 Å². The molecule has 5 aromatic carbocycles. The molecule has 3 aromatic heterocycles. The maximum atomic E-state index is 9.08. The minimum Gasteiger partial charge on any atom is -0.500 e. The van der Waals surface area contributed by atoms with Crippen molar-refractivity contribution in [2.24, 2.45) is 16.2 Å². The van der Waals surface area contributed by atoms with Crippen LogP contribution in [-0.4, -0.2) is 9.97 Å². The van der Waals surface area contributed by atoms with Crippen LogP contribution in [0.25, 0.3) is 66.4 Å². The van der Waals surface area contributed by atoms with Gasteiger partial charge in [-0.1, -0.05) is 170 Å². The SMILES string of the molecule is [2H]C([2H])([2H])c1c[c-]c(-c2cc(C([2H])([2H])[2H])c(C([2H])([2H])C(C)(C)C)cn2)cc1-c1ccccc1.[2H]C([2H])(c1cnc(-c2[c-]ccc3c2oc2c4ccccc4ccc32)cc1C([2H])([2H])C(C)(C)C)C(C)(C)C.[Ir]. The fourth-order valence-corrected chi connectivity index (χ4v) is 6.86. The monoisotopic (exact) mass is 967 g/mol. The van der Waals surface area contributed by atoms with Crippen molar-refractivity contribution < 1.29 is 41.0 Å². The van der Waals surface area contributed by atoms with E-state index in [-0.39, 0.29) is 48.1 Å². The molecular weight excluding hydrogens is 897 g/mol. The van der Waals surface area contributed by atoms with Crippen molar-refractivity contribution in [2.45, 2.75) is 95.1 Å². The Kier molecular flexibility index (Phi) is 8.89. The summed E-state index contributed by atoms with van der Waals surface area (Å²) in [4.78, 5) is 9.04. The zero-order chi connectivity index (χ0) is 51.8. The second kappa shape index (κ2) is 17.4. The summed E-state index contributed by atoms with van der Waals surface area (Å²) in [5.41, 5.74) is 2.66. The second-order valence-corrected chi connectivity index (χ2v) is 17.8. The molecule has 0 aliphatic heterocycles. The standard InChI is InChI=1S/C31H32NO.C24H26N.Ir/c1-30(2,3)17-21-16-27(32-19-22(21)18-31(4,5)6)26-13-9-12-24-25-15-14-20-10-7-8-11-23(20)28(25)33-29(24)26;1-17-11-12-20(14-22(17)19-9-7-6-8-10-19)23-13-18(2)21(16-25-23)15-24(3,4)5;/h7-12,14-16,19H,17-18H2,1-6H3;6-11,13-14,16H,15H2,1-5H3;/q2*-1;/i17D2,18D2;1D3,2D3,15D2;. The Hall–Kier alpha value is -4.89. The average Bonchev–Trinajstić information content (AvgIpc) is 3.67. The Bertz CT molecular complexity index is 3230. The van der Waals surface area contributed by atoms with Crippen LogP contribution in [0, 0.1) is 42.1 Å². The zero-order valence-electron chi connectivity index (χ0n) is 47.1. The molecular formula is C55H58IrN2O-2. The van der Waals surface area contributed by atoms with E-state index in [4.69, 9.17) is 20.9 Å². The number of hydrogen-bond donors (Lipinski definition) is 0. The van der Waals surface area contributed by atoms with E-state index in [1.165, 1.54) is 24.5 Å². The Morgan fingerprint density at radius 1 is 0.593 bits per heavy atom. The molecule has 0 bridgehead atoms. The van der Waals surface area contributed by atoms with Gasteiger partial charge in [0, 0.05) is 59.7 Å². The van der Waals surface area contributed by atoms with Crippen molar-refractivity contribution in [1.82, 2.24) is 9.97 Å². The minimum absolute atomic E-state index is 0. The third-order valence-electron chi connectivity index (χ3n) is 9.23. The molecule has 0 fully saturated rings. The number of hydrogen-bond acceptors (Lipinski definition) is 3. The summed E-state index contributed by atoms with van der Waals surface area (Å²) < 4.78 is 107. The van der Waals surface area contributed by atoms with Gasteiger partial charge in [-0.3, -0.25) is 0 Å². The molecule has 3 heterocycles. The van der Waals surface area contributed by atoms with Gasteiger partial charge in [0.2, 0.25) is 0 Å². The van der Waals surface area contributed by atoms with E-state index < -0.39 is 49.1 Å². The third-order valence-corrected chi connectivity index (χ3v) is 9.23. The minimum atomic E-state index is -2.56. The summed E-state index contributed by atoms with van der Waals surface area (Å²) in [7, 11) is 0.